The summed E-state index contributed by atoms with van der Waals surface area (Å²) in [4.78, 5) is 25.1. The molecule has 0 heterocycles. The van der Waals surface area contributed by atoms with Crippen LogP contribution in [0.2, 0.25) is 5.02 Å². The Morgan fingerprint density at radius 3 is 1.91 bits per heavy atom. The minimum Gasteiger partial charge on any atom is -0.493 e. The summed E-state index contributed by atoms with van der Waals surface area (Å²) in [5, 5.41) is 8.95. The second kappa shape index (κ2) is 11.4. The monoisotopic (exact) mass is 499 g/mol. The molecular weight excluding hydrogens is 478 g/mol. The zero-order chi connectivity index (χ0) is 24.7. The average molecular weight is 500 g/mol. The maximum atomic E-state index is 12.7. The van der Waals surface area contributed by atoms with Crippen LogP contribution in [0.25, 0.3) is 0 Å². The Balaban J connectivity index is 1.66. The molecule has 3 N–H and O–H groups in total. The van der Waals surface area contributed by atoms with Crippen LogP contribution in [-0.4, -0.2) is 38.3 Å². The number of amides is 2. The van der Waals surface area contributed by atoms with Crippen LogP contribution in [0.1, 0.15) is 20.7 Å². The predicted octanol–water partition coefficient (Wildman–Crippen LogP) is 4.74. The summed E-state index contributed by atoms with van der Waals surface area (Å²) in [6.45, 7) is 0. The van der Waals surface area contributed by atoms with Gasteiger partial charge in [-0.25, -0.2) is 0 Å². The number of anilines is 2. The maximum Gasteiger partial charge on any atom is 0.257 e. The second-order valence-corrected chi connectivity index (χ2v) is 7.71. The van der Waals surface area contributed by atoms with Crippen LogP contribution in [-0.2, 0) is 0 Å². The van der Waals surface area contributed by atoms with Crippen molar-refractivity contribution in [2.75, 3.05) is 32.0 Å². The largest absolute Gasteiger partial charge is 0.493 e. The molecule has 176 valence electrons. The van der Waals surface area contributed by atoms with Crippen LogP contribution in [0.5, 0.6) is 17.2 Å². The quantitative estimate of drug-likeness (QED) is 0.404. The minimum absolute atomic E-state index is 0.0694. The van der Waals surface area contributed by atoms with Gasteiger partial charge < -0.3 is 24.8 Å². The number of thiocarbonyl (C=S) groups is 1. The lowest BCUT2D eigenvalue weighted by Crippen LogP contribution is -2.34. The summed E-state index contributed by atoms with van der Waals surface area (Å²) in [6, 6.07) is 16.5. The van der Waals surface area contributed by atoms with Gasteiger partial charge in [0.25, 0.3) is 11.8 Å². The number of carbonyl (C=O) groups excluding carboxylic acids is 2. The summed E-state index contributed by atoms with van der Waals surface area (Å²) in [5.41, 5.74) is 1.85. The Morgan fingerprint density at radius 2 is 1.35 bits per heavy atom. The first-order chi connectivity index (χ1) is 16.3. The number of ether oxygens (including phenoxy) is 3. The van der Waals surface area contributed by atoms with Gasteiger partial charge in [0.1, 0.15) is 0 Å². The Morgan fingerprint density at radius 1 is 0.765 bits per heavy atom. The van der Waals surface area contributed by atoms with Crippen LogP contribution < -0.4 is 30.2 Å². The van der Waals surface area contributed by atoms with Crippen molar-refractivity contribution >= 4 is 52.1 Å². The summed E-state index contributed by atoms with van der Waals surface area (Å²) in [6.07, 6.45) is 0. The fourth-order valence-electron chi connectivity index (χ4n) is 3.03. The summed E-state index contributed by atoms with van der Waals surface area (Å²) < 4.78 is 15.8. The van der Waals surface area contributed by atoms with Crippen molar-refractivity contribution in [2.24, 2.45) is 0 Å². The third-order valence-corrected chi connectivity index (χ3v) is 5.09. The van der Waals surface area contributed by atoms with Crippen LogP contribution in [0.15, 0.2) is 60.7 Å². The number of halogens is 1. The van der Waals surface area contributed by atoms with Gasteiger partial charge in [-0.2, -0.15) is 0 Å². The Labute approximate surface area is 207 Å². The lowest BCUT2D eigenvalue weighted by atomic mass is 10.1. The molecule has 0 aliphatic carbocycles. The molecule has 0 aromatic heterocycles. The molecule has 10 heteroatoms. The molecule has 0 fully saturated rings. The molecule has 0 unspecified atom stereocenters. The van der Waals surface area contributed by atoms with E-state index in [4.69, 9.17) is 38.0 Å². The van der Waals surface area contributed by atoms with Gasteiger partial charge in [0, 0.05) is 27.5 Å². The van der Waals surface area contributed by atoms with Crippen molar-refractivity contribution in [3.05, 3.63) is 76.8 Å². The van der Waals surface area contributed by atoms with E-state index in [9.17, 15) is 9.59 Å². The molecule has 8 nitrogen and oxygen atoms in total. The van der Waals surface area contributed by atoms with Crippen molar-refractivity contribution in [1.29, 1.82) is 0 Å². The Hall–Kier alpha value is -3.82. The van der Waals surface area contributed by atoms with Gasteiger partial charge >= 0.3 is 0 Å². The fraction of sp³-hybridized carbons (Fsp3) is 0.125. The van der Waals surface area contributed by atoms with Gasteiger partial charge in [-0.15, -0.1) is 0 Å². The molecule has 0 aliphatic heterocycles. The standard InChI is InChI=1S/C24H22ClN3O5S/c1-31-19-11-15(12-20(32-2)21(19)33-3)23(30)28-24(34)27-18-6-4-5-17(13-18)26-22(29)14-7-9-16(25)10-8-14/h4-13H,1-3H3,(H,26,29)(H2,27,28,30,34). The first kappa shape index (κ1) is 24.8. The highest BCUT2D eigenvalue weighted by Gasteiger charge is 2.18. The number of nitrogens with one attached hydrogen (secondary N) is 3. The average Bonchev–Trinajstić information content (AvgIpc) is 2.83. The summed E-state index contributed by atoms with van der Waals surface area (Å²) in [7, 11) is 4.40. The Kier molecular flexibility index (Phi) is 8.29. The number of rotatable bonds is 7. The van der Waals surface area contributed by atoms with E-state index in [1.54, 1.807) is 48.5 Å². The van der Waals surface area contributed by atoms with Crippen molar-refractivity contribution in [3.8, 4) is 17.2 Å². The van der Waals surface area contributed by atoms with E-state index in [1.807, 2.05) is 0 Å². The lowest BCUT2D eigenvalue weighted by molar-refractivity contribution is 0.0975. The van der Waals surface area contributed by atoms with E-state index in [-0.39, 0.29) is 16.6 Å². The molecular formula is C24H22ClN3O5S. The molecule has 3 rings (SSSR count). The number of carbonyl (C=O) groups is 2. The summed E-state index contributed by atoms with van der Waals surface area (Å²) in [5.74, 6) is 0.306. The molecule has 3 aromatic rings. The van der Waals surface area contributed by atoms with Gasteiger partial charge in [-0.3, -0.25) is 14.9 Å². The zero-order valence-electron chi connectivity index (χ0n) is 18.6. The first-order valence-corrected chi connectivity index (χ1v) is 10.7. The van der Waals surface area contributed by atoms with E-state index in [0.29, 0.717) is 39.2 Å². The van der Waals surface area contributed by atoms with Crippen molar-refractivity contribution in [3.63, 3.8) is 0 Å². The highest BCUT2D eigenvalue weighted by molar-refractivity contribution is 7.80. The minimum atomic E-state index is -0.469. The highest BCUT2D eigenvalue weighted by Crippen LogP contribution is 2.38. The van der Waals surface area contributed by atoms with E-state index >= 15 is 0 Å². The van der Waals surface area contributed by atoms with Crippen LogP contribution in [0.3, 0.4) is 0 Å². The number of hydrogen-bond donors (Lipinski definition) is 3. The molecule has 0 saturated carbocycles. The zero-order valence-corrected chi connectivity index (χ0v) is 20.2. The molecule has 0 aliphatic rings. The molecule has 0 spiro atoms. The number of methoxy groups -OCH3 is 3. The third kappa shape index (κ3) is 6.15. The first-order valence-electron chi connectivity index (χ1n) is 9.94. The van der Waals surface area contributed by atoms with E-state index in [1.165, 1.54) is 33.5 Å². The number of benzene rings is 3. The van der Waals surface area contributed by atoms with Crippen molar-refractivity contribution in [1.82, 2.24) is 5.32 Å². The molecule has 0 saturated heterocycles. The Bertz CT molecular complexity index is 1190. The SMILES string of the molecule is COc1cc(C(=O)NC(=S)Nc2cccc(NC(=O)c3ccc(Cl)cc3)c2)cc(OC)c1OC. The normalized spacial score (nSPS) is 10.1. The predicted molar refractivity (Wildman–Crippen MR) is 136 cm³/mol. The van der Waals surface area contributed by atoms with Crippen molar-refractivity contribution in [2.45, 2.75) is 0 Å². The van der Waals surface area contributed by atoms with Crippen LogP contribution >= 0.6 is 23.8 Å². The van der Waals surface area contributed by atoms with Gasteiger partial charge in [0.05, 0.1) is 21.3 Å². The fourth-order valence-corrected chi connectivity index (χ4v) is 3.37. The van der Waals surface area contributed by atoms with Crippen molar-refractivity contribution < 1.29 is 23.8 Å². The number of hydrogen-bond acceptors (Lipinski definition) is 6. The molecule has 0 atom stereocenters. The van der Waals surface area contributed by atoms with E-state index in [0.717, 1.165) is 0 Å². The molecule has 3 aromatic carbocycles. The molecule has 0 radical (unpaired) electrons. The van der Waals surface area contributed by atoms with Crippen LogP contribution in [0.4, 0.5) is 11.4 Å². The molecule has 2 amide bonds. The highest BCUT2D eigenvalue weighted by atomic mass is 35.5. The van der Waals surface area contributed by atoms with Gasteiger partial charge in [0.15, 0.2) is 16.6 Å². The van der Waals surface area contributed by atoms with Crippen LogP contribution in [0, 0.1) is 0 Å². The second-order valence-electron chi connectivity index (χ2n) is 6.86. The molecule has 34 heavy (non-hydrogen) atoms. The maximum absolute atomic E-state index is 12.7. The third-order valence-electron chi connectivity index (χ3n) is 4.64. The smallest absolute Gasteiger partial charge is 0.257 e. The summed E-state index contributed by atoms with van der Waals surface area (Å²) >= 11 is 11.1. The van der Waals surface area contributed by atoms with E-state index < -0.39 is 5.91 Å². The topological polar surface area (TPSA) is 97.9 Å². The van der Waals surface area contributed by atoms with Gasteiger partial charge in [0.2, 0.25) is 5.75 Å². The molecule has 0 bridgehead atoms. The van der Waals surface area contributed by atoms with E-state index in [2.05, 4.69) is 16.0 Å². The van der Waals surface area contributed by atoms with Gasteiger partial charge in [-0.05, 0) is 66.8 Å². The lowest BCUT2D eigenvalue weighted by Gasteiger charge is -2.15. The van der Waals surface area contributed by atoms with Gasteiger partial charge in [-0.1, -0.05) is 17.7 Å².